The van der Waals surface area contributed by atoms with Gasteiger partial charge in [-0.25, -0.2) is 0 Å². The second-order valence-corrected chi connectivity index (χ2v) is 7.39. The van der Waals surface area contributed by atoms with Gasteiger partial charge in [0.25, 0.3) is 0 Å². The molecule has 1 aromatic carbocycles. The van der Waals surface area contributed by atoms with Crippen LogP contribution < -0.4 is 10.6 Å². The fourth-order valence-electron chi connectivity index (χ4n) is 2.71. The quantitative estimate of drug-likeness (QED) is 0.421. The first-order valence-corrected chi connectivity index (χ1v) is 9.29. The van der Waals surface area contributed by atoms with Crippen LogP contribution >= 0.6 is 11.6 Å². The predicted octanol–water partition coefficient (Wildman–Crippen LogP) is 2.98. The highest BCUT2D eigenvalue weighted by molar-refractivity contribution is 6.30. The predicted molar refractivity (Wildman–Crippen MR) is 104 cm³/mol. The average molecular weight is 368 g/mol. The number of hydrogen-bond acceptors (Lipinski definition) is 3. The number of hydrogen-bond donors (Lipinski definition) is 2. The fourth-order valence-corrected chi connectivity index (χ4v) is 2.90. The van der Waals surface area contributed by atoms with E-state index in [9.17, 15) is 0 Å². The minimum Gasteiger partial charge on any atom is -0.379 e. The summed E-state index contributed by atoms with van der Waals surface area (Å²) in [5.41, 5.74) is 1.16. The Hall–Kier alpha value is -1.30. The zero-order chi connectivity index (χ0) is 18.1. The lowest BCUT2D eigenvalue weighted by Gasteiger charge is -2.27. The van der Waals surface area contributed by atoms with Crippen molar-refractivity contribution < 1.29 is 9.47 Å². The summed E-state index contributed by atoms with van der Waals surface area (Å²) in [6, 6.07) is 8.01. The molecule has 140 valence electrons. The summed E-state index contributed by atoms with van der Waals surface area (Å²) in [7, 11) is 1.79. The van der Waals surface area contributed by atoms with E-state index in [1.165, 1.54) is 5.56 Å². The van der Waals surface area contributed by atoms with Crippen LogP contribution in [-0.4, -0.2) is 52.0 Å². The molecular formula is C19H30ClN3O2. The second kappa shape index (κ2) is 10.00. The van der Waals surface area contributed by atoms with Gasteiger partial charge in [-0.2, -0.15) is 0 Å². The molecule has 0 aromatic heterocycles. The Bertz CT molecular complexity index is 557. The molecule has 1 unspecified atom stereocenters. The SMILES string of the molecule is CN=C(NCCCOC1CCOC1)NCC(C)(C)c1cccc(Cl)c1. The van der Waals surface area contributed by atoms with Crippen LogP contribution in [0.5, 0.6) is 0 Å². The van der Waals surface area contributed by atoms with Gasteiger partial charge in [0, 0.05) is 43.8 Å². The molecule has 1 aromatic rings. The molecule has 6 heteroatoms. The molecule has 5 nitrogen and oxygen atoms in total. The molecule has 0 spiro atoms. The Morgan fingerprint density at radius 3 is 2.92 bits per heavy atom. The maximum atomic E-state index is 6.11. The molecule has 1 atom stereocenters. The lowest BCUT2D eigenvalue weighted by Crippen LogP contribution is -2.43. The third-order valence-corrected chi connectivity index (χ3v) is 4.62. The molecule has 0 aliphatic carbocycles. The largest absolute Gasteiger partial charge is 0.379 e. The molecule has 1 aliphatic rings. The number of benzene rings is 1. The van der Waals surface area contributed by atoms with Gasteiger partial charge in [0.05, 0.1) is 12.7 Å². The van der Waals surface area contributed by atoms with E-state index in [0.717, 1.165) is 56.7 Å². The maximum absolute atomic E-state index is 6.11. The normalized spacial score (nSPS) is 18.4. The molecule has 2 N–H and O–H groups in total. The van der Waals surface area contributed by atoms with Gasteiger partial charge < -0.3 is 20.1 Å². The van der Waals surface area contributed by atoms with Crippen LogP contribution in [0.1, 0.15) is 32.3 Å². The van der Waals surface area contributed by atoms with Crippen molar-refractivity contribution in [2.75, 3.05) is 40.0 Å². The minimum absolute atomic E-state index is 0.0475. The summed E-state index contributed by atoms with van der Waals surface area (Å²) < 4.78 is 11.1. The average Bonchev–Trinajstić information content (AvgIpc) is 3.10. The fraction of sp³-hybridized carbons (Fsp3) is 0.632. The van der Waals surface area contributed by atoms with E-state index in [1.807, 2.05) is 18.2 Å². The van der Waals surface area contributed by atoms with E-state index in [-0.39, 0.29) is 11.5 Å². The highest BCUT2D eigenvalue weighted by atomic mass is 35.5. The highest BCUT2D eigenvalue weighted by Gasteiger charge is 2.21. The van der Waals surface area contributed by atoms with Gasteiger partial charge in [-0.1, -0.05) is 37.6 Å². The molecule has 0 saturated carbocycles. The first-order chi connectivity index (χ1) is 12.0. The molecule has 1 saturated heterocycles. The number of halogens is 1. The Labute approximate surface area is 156 Å². The number of nitrogens with zero attached hydrogens (tertiary/aromatic N) is 1. The van der Waals surface area contributed by atoms with Crippen LogP contribution in [0.15, 0.2) is 29.3 Å². The highest BCUT2D eigenvalue weighted by Crippen LogP contribution is 2.24. The molecule has 1 heterocycles. The van der Waals surface area contributed by atoms with E-state index in [1.54, 1.807) is 7.05 Å². The number of guanidine groups is 1. The van der Waals surface area contributed by atoms with Crippen molar-refractivity contribution >= 4 is 17.6 Å². The smallest absolute Gasteiger partial charge is 0.191 e. The Morgan fingerprint density at radius 2 is 2.24 bits per heavy atom. The summed E-state index contributed by atoms with van der Waals surface area (Å²) in [5.74, 6) is 0.805. The van der Waals surface area contributed by atoms with E-state index >= 15 is 0 Å². The van der Waals surface area contributed by atoms with Crippen LogP contribution in [-0.2, 0) is 14.9 Å². The van der Waals surface area contributed by atoms with Gasteiger partial charge in [-0.15, -0.1) is 0 Å². The standard InChI is InChI=1S/C19H30ClN3O2/c1-19(2,15-6-4-7-16(20)12-15)14-23-18(21-3)22-9-5-10-25-17-8-11-24-13-17/h4,6-7,12,17H,5,8-11,13-14H2,1-3H3,(H2,21,22,23). The van der Waals surface area contributed by atoms with Crippen LogP contribution in [0.25, 0.3) is 0 Å². The van der Waals surface area contributed by atoms with Crippen LogP contribution in [0.2, 0.25) is 5.02 Å². The Balaban J connectivity index is 1.68. The van der Waals surface area contributed by atoms with Gasteiger partial charge in [0.2, 0.25) is 0 Å². The Morgan fingerprint density at radius 1 is 1.40 bits per heavy atom. The van der Waals surface area contributed by atoms with E-state index in [4.69, 9.17) is 21.1 Å². The topological polar surface area (TPSA) is 54.9 Å². The molecule has 0 radical (unpaired) electrons. The summed E-state index contributed by atoms with van der Waals surface area (Å²) in [5, 5.41) is 7.49. The lowest BCUT2D eigenvalue weighted by atomic mass is 9.84. The summed E-state index contributed by atoms with van der Waals surface area (Å²) in [4.78, 5) is 4.28. The number of nitrogens with one attached hydrogen (secondary N) is 2. The second-order valence-electron chi connectivity index (χ2n) is 6.96. The zero-order valence-electron chi connectivity index (χ0n) is 15.5. The van der Waals surface area contributed by atoms with Crippen LogP contribution in [0.3, 0.4) is 0 Å². The third-order valence-electron chi connectivity index (χ3n) is 4.38. The first kappa shape index (κ1) is 20.0. The molecule has 1 aliphatic heterocycles. The molecule has 0 amide bonds. The van der Waals surface area contributed by atoms with Crippen molar-refractivity contribution in [1.82, 2.24) is 10.6 Å². The summed E-state index contributed by atoms with van der Waals surface area (Å²) in [6.45, 7) is 8.27. The molecule has 25 heavy (non-hydrogen) atoms. The number of ether oxygens (including phenoxy) is 2. The minimum atomic E-state index is -0.0475. The van der Waals surface area contributed by atoms with Crippen molar-refractivity contribution in [2.45, 2.75) is 38.2 Å². The molecule has 2 rings (SSSR count). The van der Waals surface area contributed by atoms with Gasteiger partial charge in [0.15, 0.2) is 5.96 Å². The van der Waals surface area contributed by atoms with Crippen molar-refractivity contribution in [2.24, 2.45) is 4.99 Å². The van der Waals surface area contributed by atoms with Gasteiger partial charge in [0.1, 0.15) is 0 Å². The summed E-state index contributed by atoms with van der Waals surface area (Å²) >= 11 is 6.11. The monoisotopic (exact) mass is 367 g/mol. The van der Waals surface area contributed by atoms with Crippen molar-refractivity contribution in [1.29, 1.82) is 0 Å². The van der Waals surface area contributed by atoms with Crippen LogP contribution in [0.4, 0.5) is 0 Å². The van der Waals surface area contributed by atoms with E-state index < -0.39 is 0 Å². The first-order valence-electron chi connectivity index (χ1n) is 8.91. The van der Waals surface area contributed by atoms with E-state index in [2.05, 4.69) is 35.5 Å². The zero-order valence-corrected chi connectivity index (χ0v) is 16.2. The Kier molecular flexibility index (Phi) is 8.00. The van der Waals surface area contributed by atoms with Crippen LogP contribution in [0, 0.1) is 0 Å². The molecule has 0 bridgehead atoms. The third kappa shape index (κ3) is 6.84. The number of rotatable bonds is 8. The molecule has 1 fully saturated rings. The van der Waals surface area contributed by atoms with Crippen molar-refractivity contribution in [3.05, 3.63) is 34.9 Å². The van der Waals surface area contributed by atoms with Crippen molar-refractivity contribution in [3.8, 4) is 0 Å². The number of aliphatic imine (C=N–C) groups is 1. The lowest BCUT2D eigenvalue weighted by molar-refractivity contribution is 0.0420. The van der Waals surface area contributed by atoms with E-state index in [0.29, 0.717) is 0 Å². The molecular weight excluding hydrogens is 338 g/mol. The maximum Gasteiger partial charge on any atom is 0.191 e. The van der Waals surface area contributed by atoms with Crippen molar-refractivity contribution in [3.63, 3.8) is 0 Å². The summed E-state index contributed by atoms with van der Waals surface area (Å²) in [6.07, 6.45) is 2.22. The van der Waals surface area contributed by atoms with Gasteiger partial charge in [-0.3, -0.25) is 4.99 Å². The van der Waals surface area contributed by atoms with Gasteiger partial charge in [-0.05, 0) is 30.5 Å². The van der Waals surface area contributed by atoms with Gasteiger partial charge >= 0.3 is 0 Å².